The van der Waals surface area contributed by atoms with E-state index in [9.17, 15) is 9.00 Å². The van der Waals surface area contributed by atoms with Gasteiger partial charge in [0, 0.05) is 40.0 Å². The largest absolute Gasteiger partial charge is 0.491 e. The van der Waals surface area contributed by atoms with Gasteiger partial charge in [-0.1, -0.05) is 36.7 Å². The lowest BCUT2D eigenvalue weighted by atomic mass is 9.70. The van der Waals surface area contributed by atoms with Crippen LogP contribution in [-0.2, 0) is 28.3 Å². The van der Waals surface area contributed by atoms with E-state index < -0.39 is 16.5 Å². The Bertz CT molecular complexity index is 1400. The molecule has 0 aromatic heterocycles. The number of hydrogen-bond donors (Lipinski definition) is 1. The van der Waals surface area contributed by atoms with Crippen molar-refractivity contribution in [1.82, 2.24) is 0 Å². The summed E-state index contributed by atoms with van der Waals surface area (Å²) in [4.78, 5) is 15.6. The highest BCUT2D eigenvalue weighted by atomic mass is 35.5. The van der Waals surface area contributed by atoms with E-state index in [1.54, 1.807) is 6.07 Å². The predicted octanol–water partition coefficient (Wildman–Crippen LogP) is 7.28. The van der Waals surface area contributed by atoms with E-state index >= 15 is 0 Å². The Morgan fingerprint density at radius 2 is 1.98 bits per heavy atom. The van der Waals surface area contributed by atoms with E-state index in [1.807, 2.05) is 18.2 Å². The first kappa shape index (κ1) is 29.7. The molecule has 0 N–H and O–H groups in total. The molecule has 2 bridgehead atoms. The molecule has 6 rings (SSSR count). The Morgan fingerprint density at radius 3 is 2.79 bits per heavy atom. The number of halogens is 1. The molecule has 6 nitrogen and oxygen atoms in total. The summed E-state index contributed by atoms with van der Waals surface area (Å²) >= 11 is 6.44. The molecule has 1 unspecified atom stereocenters. The third kappa shape index (κ3) is 7.40. The average molecular weight is 611 g/mol. The number of carbonyl (C=O) groups is 1. The summed E-state index contributed by atoms with van der Waals surface area (Å²) in [7, 11) is -1.99. The van der Waals surface area contributed by atoms with Crippen molar-refractivity contribution in [2.24, 2.45) is 28.0 Å². The highest BCUT2D eigenvalue weighted by Crippen LogP contribution is 2.43. The molecule has 0 saturated heterocycles. The molecule has 4 aliphatic rings. The number of benzene rings is 2. The zero-order valence-corrected chi connectivity index (χ0v) is 26.2. The summed E-state index contributed by atoms with van der Waals surface area (Å²) in [5, 5.41) is 0.757. The number of ether oxygens (including phenoxy) is 2. The summed E-state index contributed by atoms with van der Waals surface area (Å²) in [6.45, 7) is 5.03. The summed E-state index contributed by atoms with van der Waals surface area (Å²) in [5.41, 5.74) is 3.86. The molecule has 2 aliphatic heterocycles. The van der Waals surface area contributed by atoms with Crippen LogP contribution in [0.1, 0.15) is 73.4 Å². The van der Waals surface area contributed by atoms with Gasteiger partial charge in [-0.2, -0.15) is 4.36 Å². The number of thiol groups is 1. The fraction of sp³-hybridized carbons (Fsp3) is 0.559. The van der Waals surface area contributed by atoms with Gasteiger partial charge in [-0.25, -0.2) is 0 Å². The lowest BCUT2D eigenvalue weighted by Crippen LogP contribution is -2.44. The number of hydrogen-bond acceptors (Lipinski definition) is 5. The van der Waals surface area contributed by atoms with Crippen LogP contribution in [0.4, 0.5) is 5.69 Å². The minimum absolute atomic E-state index is 0.0848. The Morgan fingerprint density at radius 1 is 1.10 bits per heavy atom. The summed E-state index contributed by atoms with van der Waals surface area (Å²) in [6, 6.07) is 11.8. The molecule has 2 aromatic rings. The number of nitrogens with zero attached hydrogens (tertiary/aromatic N) is 2. The Labute approximate surface area is 257 Å². The van der Waals surface area contributed by atoms with Gasteiger partial charge in [0.2, 0.25) is 0 Å². The van der Waals surface area contributed by atoms with E-state index in [0.29, 0.717) is 42.2 Å². The fourth-order valence-corrected chi connectivity index (χ4v) is 7.71. The number of anilines is 1. The van der Waals surface area contributed by atoms with Crippen LogP contribution in [0.15, 0.2) is 52.9 Å². The lowest BCUT2D eigenvalue weighted by molar-refractivity contribution is -0.0181. The molecular weight excluding hydrogens is 568 g/mol. The predicted molar refractivity (Wildman–Crippen MR) is 170 cm³/mol. The average Bonchev–Trinajstić information content (AvgIpc) is 3.78. The zero-order chi connectivity index (χ0) is 29.1. The van der Waals surface area contributed by atoms with Crippen LogP contribution in [0.2, 0.25) is 5.02 Å². The van der Waals surface area contributed by atoms with Gasteiger partial charge < -0.3 is 14.4 Å². The molecule has 5 atom stereocenters. The second kappa shape index (κ2) is 13.5. The van der Waals surface area contributed by atoms with Crippen LogP contribution in [0.5, 0.6) is 5.75 Å². The van der Waals surface area contributed by atoms with E-state index in [2.05, 4.69) is 40.5 Å². The molecule has 0 radical (unpaired) electrons. The molecule has 8 heteroatoms. The van der Waals surface area contributed by atoms with Gasteiger partial charge in [-0.15, -0.1) is 0 Å². The van der Waals surface area contributed by atoms with E-state index in [-0.39, 0.29) is 12.0 Å². The molecule has 1 amide bonds. The first-order chi connectivity index (χ1) is 20.4. The van der Waals surface area contributed by atoms with Crippen molar-refractivity contribution >= 4 is 33.8 Å². The fourth-order valence-electron chi connectivity index (χ4n) is 6.43. The number of amides is 1. The zero-order valence-electron chi connectivity index (χ0n) is 24.6. The van der Waals surface area contributed by atoms with Crippen LogP contribution < -0.4 is 9.64 Å². The molecule has 2 saturated carbocycles. The van der Waals surface area contributed by atoms with Gasteiger partial charge >= 0.3 is 0 Å². The highest BCUT2D eigenvalue weighted by molar-refractivity contribution is 7.75. The number of aryl methyl sites for hydroxylation is 1. The van der Waals surface area contributed by atoms with E-state index in [0.717, 1.165) is 68.1 Å². The highest BCUT2D eigenvalue weighted by Gasteiger charge is 2.39. The third-order valence-corrected chi connectivity index (χ3v) is 10.9. The van der Waals surface area contributed by atoms with Crippen LogP contribution in [-0.4, -0.2) is 41.7 Å². The van der Waals surface area contributed by atoms with Crippen molar-refractivity contribution < 1.29 is 18.5 Å². The second-order valence-corrected chi connectivity index (χ2v) is 14.4. The SMILES string of the molecule is C[C@H]1C/C=C/[C@H](OCC2CC2)[C@@H]2CC[C@H]2CN2Cc3ccc(Cl)cc3CCCCOc3ccc(cc32)C(=O)/N=[SH](=O)\C1. The molecule has 2 aromatic carbocycles. The summed E-state index contributed by atoms with van der Waals surface area (Å²) in [5.74, 6) is 2.51. The minimum Gasteiger partial charge on any atom is -0.491 e. The van der Waals surface area contributed by atoms with Gasteiger partial charge in [-0.05, 0) is 116 Å². The lowest BCUT2D eigenvalue weighted by Gasteiger charge is -2.44. The second-order valence-electron chi connectivity index (χ2n) is 12.7. The molecule has 2 heterocycles. The maximum atomic E-state index is 13.2. The van der Waals surface area contributed by atoms with Crippen molar-refractivity contribution in [3.8, 4) is 5.75 Å². The summed E-state index contributed by atoms with van der Waals surface area (Å²) in [6.07, 6.45) is 13.1. The topological polar surface area (TPSA) is 68.2 Å². The maximum absolute atomic E-state index is 13.2. The normalized spacial score (nSPS) is 29.9. The Balaban J connectivity index is 1.40. The van der Waals surface area contributed by atoms with Crippen molar-refractivity contribution in [3.63, 3.8) is 0 Å². The molecule has 42 heavy (non-hydrogen) atoms. The van der Waals surface area contributed by atoms with Crippen LogP contribution in [0, 0.1) is 23.7 Å². The minimum atomic E-state index is -1.99. The number of rotatable bonds is 3. The molecule has 2 fully saturated rings. The number of fused-ring (bicyclic) bond motifs is 3. The Hall–Kier alpha value is -2.35. The molecular formula is C34H43ClN2O4S. The van der Waals surface area contributed by atoms with Gasteiger partial charge in [0.15, 0.2) is 0 Å². The first-order valence-corrected chi connectivity index (χ1v) is 17.5. The number of carbonyl (C=O) groups excluding carboxylic acids is 1. The first-order valence-electron chi connectivity index (χ1n) is 15.7. The molecule has 0 spiro atoms. The third-order valence-electron chi connectivity index (χ3n) is 9.28. The van der Waals surface area contributed by atoms with Crippen molar-refractivity contribution in [1.29, 1.82) is 0 Å². The van der Waals surface area contributed by atoms with E-state index in [4.69, 9.17) is 21.1 Å². The van der Waals surface area contributed by atoms with Gasteiger partial charge in [-0.3, -0.25) is 9.00 Å². The van der Waals surface area contributed by atoms with Gasteiger partial charge in [0.25, 0.3) is 5.91 Å². The maximum Gasteiger partial charge on any atom is 0.284 e. The smallest absolute Gasteiger partial charge is 0.284 e. The summed E-state index contributed by atoms with van der Waals surface area (Å²) < 4.78 is 29.9. The van der Waals surface area contributed by atoms with Gasteiger partial charge in [0.1, 0.15) is 5.75 Å². The Kier molecular flexibility index (Phi) is 9.57. The van der Waals surface area contributed by atoms with Crippen LogP contribution in [0.3, 0.4) is 0 Å². The van der Waals surface area contributed by atoms with Crippen molar-refractivity contribution in [2.45, 2.75) is 70.9 Å². The van der Waals surface area contributed by atoms with Gasteiger partial charge in [0.05, 0.1) is 25.0 Å². The molecule has 2 aliphatic carbocycles. The molecule has 226 valence electrons. The number of allylic oxidation sites excluding steroid dienone is 1. The van der Waals surface area contributed by atoms with Crippen molar-refractivity contribution in [2.75, 3.05) is 30.4 Å². The van der Waals surface area contributed by atoms with Crippen LogP contribution >= 0.6 is 11.6 Å². The van der Waals surface area contributed by atoms with Crippen molar-refractivity contribution in [3.05, 3.63) is 70.3 Å². The monoisotopic (exact) mass is 610 g/mol. The van der Waals surface area contributed by atoms with Crippen LogP contribution in [0.25, 0.3) is 0 Å². The standard InChI is InChI=1S/C34H43ClN2O4S/c1-23-5-4-7-32(41-21-24-8-9-24)30-14-11-28(30)20-37-19-27-10-13-29(35)17-25(27)6-2-3-16-40-33-15-12-26(18-31(33)37)34(38)36-42(39)22-23/h4,7,10,12-13,15,17-18,23-24,28,30,32,42H,2-3,5-6,8-9,11,14,16,19-22H2,1H3/b7-4+/t23-,28-,30+,32-/m0/s1. The van der Waals surface area contributed by atoms with E-state index in [1.165, 1.54) is 24.0 Å². The quantitative estimate of drug-likeness (QED) is 0.292.